The van der Waals surface area contributed by atoms with Crippen LogP contribution in [0.4, 0.5) is 4.39 Å². The smallest absolute Gasteiger partial charge is 0.337 e. The minimum Gasteiger partial charge on any atom is -0.478 e. The number of halogens is 2. The van der Waals surface area contributed by atoms with Crippen molar-refractivity contribution in [3.05, 3.63) is 52.5 Å². The lowest BCUT2D eigenvalue weighted by molar-refractivity contribution is 0.0696. The SMILES string of the molecule is O=C(O)c1cncc(-c2cccc(Br)c2F)c1. The first-order valence-electron chi connectivity index (χ1n) is 4.72. The van der Waals surface area contributed by atoms with Crippen molar-refractivity contribution in [2.24, 2.45) is 0 Å². The van der Waals surface area contributed by atoms with Gasteiger partial charge in [-0.15, -0.1) is 0 Å². The highest BCUT2D eigenvalue weighted by Crippen LogP contribution is 2.27. The van der Waals surface area contributed by atoms with Crippen molar-refractivity contribution < 1.29 is 14.3 Å². The zero-order valence-electron chi connectivity index (χ0n) is 8.52. The summed E-state index contributed by atoms with van der Waals surface area (Å²) in [4.78, 5) is 14.6. The molecule has 0 atom stereocenters. The molecule has 3 nitrogen and oxygen atoms in total. The summed E-state index contributed by atoms with van der Waals surface area (Å²) in [5.41, 5.74) is 0.778. The molecule has 1 N–H and O–H groups in total. The van der Waals surface area contributed by atoms with Gasteiger partial charge in [0, 0.05) is 23.5 Å². The number of nitrogens with zero attached hydrogens (tertiary/aromatic N) is 1. The highest BCUT2D eigenvalue weighted by Gasteiger charge is 2.10. The lowest BCUT2D eigenvalue weighted by Gasteiger charge is -2.05. The fourth-order valence-electron chi connectivity index (χ4n) is 1.43. The van der Waals surface area contributed by atoms with E-state index < -0.39 is 11.8 Å². The largest absolute Gasteiger partial charge is 0.478 e. The minimum atomic E-state index is -1.09. The average Bonchev–Trinajstić information content (AvgIpc) is 2.33. The van der Waals surface area contributed by atoms with Crippen molar-refractivity contribution in [1.29, 1.82) is 0 Å². The number of carboxylic acid groups (broad SMARTS) is 1. The van der Waals surface area contributed by atoms with E-state index in [0.29, 0.717) is 15.6 Å². The van der Waals surface area contributed by atoms with E-state index in [4.69, 9.17) is 5.11 Å². The Balaban J connectivity index is 2.57. The number of rotatable bonds is 2. The molecule has 0 spiro atoms. The first kappa shape index (κ1) is 11.7. The van der Waals surface area contributed by atoms with Gasteiger partial charge in [-0.2, -0.15) is 0 Å². The molecule has 0 saturated carbocycles. The fourth-order valence-corrected chi connectivity index (χ4v) is 1.80. The van der Waals surface area contributed by atoms with Crippen LogP contribution in [0.25, 0.3) is 11.1 Å². The van der Waals surface area contributed by atoms with E-state index in [2.05, 4.69) is 20.9 Å². The Morgan fingerprint density at radius 2 is 2.12 bits per heavy atom. The van der Waals surface area contributed by atoms with Crippen LogP contribution in [0.15, 0.2) is 41.1 Å². The molecule has 5 heteroatoms. The van der Waals surface area contributed by atoms with Gasteiger partial charge in [-0.25, -0.2) is 9.18 Å². The summed E-state index contributed by atoms with van der Waals surface area (Å²) < 4.78 is 14.1. The molecule has 0 aliphatic carbocycles. The van der Waals surface area contributed by atoms with E-state index in [1.807, 2.05) is 0 Å². The standard InChI is InChI=1S/C12H7BrFNO2/c13-10-3-1-2-9(11(10)14)7-4-8(12(16)17)6-15-5-7/h1-6H,(H,16,17). The molecule has 0 aliphatic heterocycles. The van der Waals surface area contributed by atoms with Gasteiger partial charge in [-0.05, 0) is 28.1 Å². The monoisotopic (exact) mass is 295 g/mol. The molecule has 17 heavy (non-hydrogen) atoms. The van der Waals surface area contributed by atoms with Gasteiger partial charge in [0.2, 0.25) is 0 Å². The van der Waals surface area contributed by atoms with E-state index in [1.165, 1.54) is 18.5 Å². The number of benzene rings is 1. The number of aromatic carboxylic acids is 1. The van der Waals surface area contributed by atoms with Crippen LogP contribution in [0.2, 0.25) is 0 Å². The number of pyridine rings is 1. The Hall–Kier alpha value is -1.75. The second-order valence-electron chi connectivity index (χ2n) is 3.37. The van der Waals surface area contributed by atoms with Crippen LogP contribution in [-0.2, 0) is 0 Å². The summed E-state index contributed by atoms with van der Waals surface area (Å²) in [7, 11) is 0. The Bertz CT molecular complexity index is 586. The number of carboxylic acids is 1. The lowest BCUT2D eigenvalue weighted by Crippen LogP contribution is -1.98. The molecule has 1 heterocycles. The van der Waals surface area contributed by atoms with Crippen LogP contribution < -0.4 is 0 Å². The molecule has 1 aromatic heterocycles. The molecule has 0 bridgehead atoms. The Labute approximate surface area is 105 Å². The molecule has 0 saturated heterocycles. The summed E-state index contributed by atoms with van der Waals surface area (Å²) in [6, 6.07) is 6.21. The Kier molecular flexibility index (Phi) is 3.19. The Morgan fingerprint density at radius 3 is 2.82 bits per heavy atom. The molecule has 0 amide bonds. The third-order valence-corrected chi connectivity index (χ3v) is 2.86. The third-order valence-electron chi connectivity index (χ3n) is 2.25. The molecule has 2 aromatic rings. The van der Waals surface area contributed by atoms with Gasteiger partial charge in [0.15, 0.2) is 0 Å². The highest BCUT2D eigenvalue weighted by atomic mass is 79.9. The van der Waals surface area contributed by atoms with Crippen molar-refractivity contribution in [1.82, 2.24) is 4.98 Å². The number of hydrogen-bond donors (Lipinski definition) is 1. The number of carbonyl (C=O) groups is 1. The van der Waals surface area contributed by atoms with Crippen molar-refractivity contribution in [2.75, 3.05) is 0 Å². The van der Waals surface area contributed by atoms with E-state index >= 15 is 0 Å². The summed E-state index contributed by atoms with van der Waals surface area (Å²) in [6.45, 7) is 0. The van der Waals surface area contributed by atoms with Crippen LogP contribution in [0.3, 0.4) is 0 Å². The van der Waals surface area contributed by atoms with Crippen LogP contribution in [0, 0.1) is 5.82 Å². The number of aromatic nitrogens is 1. The van der Waals surface area contributed by atoms with Crippen molar-refractivity contribution in [3.8, 4) is 11.1 Å². The minimum absolute atomic E-state index is 0.0295. The Morgan fingerprint density at radius 1 is 1.35 bits per heavy atom. The highest BCUT2D eigenvalue weighted by molar-refractivity contribution is 9.10. The number of hydrogen-bond acceptors (Lipinski definition) is 2. The second kappa shape index (κ2) is 4.63. The van der Waals surface area contributed by atoms with Crippen molar-refractivity contribution >= 4 is 21.9 Å². The maximum Gasteiger partial charge on any atom is 0.337 e. The van der Waals surface area contributed by atoms with Crippen LogP contribution in [-0.4, -0.2) is 16.1 Å². The maximum atomic E-state index is 13.8. The first-order chi connectivity index (χ1) is 8.09. The van der Waals surface area contributed by atoms with Crippen LogP contribution in [0.5, 0.6) is 0 Å². The molecular weight excluding hydrogens is 289 g/mol. The van der Waals surface area contributed by atoms with Crippen LogP contribution in [0.1, 0.15) is 10.4 Å². The molecule has 0 aliphatic rings. The predicted molar refractivity (Wildman–Crippen MR) is 64.3 cm³/mol. The predicted octanol–water partition coefficient (Wildman–Crippen LogP) is 3.35. The topological polar surface area (TPSA) is 50.2 Å². The molecule has 0 radical (unpaired) electrons. The zero-order chi connectivity index (χ0) is 12.4. The van der Waals surface area contributed by atoms with Gasteiger partial charge < -0.3 is 5.11 Å². The van der Waals surface area contributed by atoms with Gasteiger partial charge in [0.25, 0.3) is 0 Å². The molecule has 86 valence electrons. The summed E-state index contributed by atoms with van der Waals surface area (Å²) >= 11 is 3.08. The van der Waals surface area contributed by atoms with Gasteiger partial charge in [0.1, 0.15) is 5.82 Å². The van der Waals surface area contributed by atoms with E-state index in [9.17, 15) is 9.18 Å². The molecule has 0 fully saturated rings. The fraction of sp³-hybridized carbons (Fsp3) is 0. The lowest BCUT2D eigenvalue weighted by atomic mass is 10.1. The summed E-state index contributed by atoms with van der Waals surface area (Å²) in [5.74, 6) is -1.52. The van der Waals surface area contributed by atoms with E-state index in [-0.39, 0.29) is 5.56 Å². The van der Waals surface area contributed by atoms with E-state index in [0.717, 1.165) is 0 Å². The molecule has 2 rings (SSSR count). The molecule has 0 unspecified atom stereocenters. The summed E-state index contributed by atoms with van der Waals surface area (Å²) in [5, 5.41) is 8.84. The molecule has 1 aromatic carbocycles. The third kappa shape index (κ3) is 2.34. The van der Waals surface area contributed by atoms with Gasteiger partial charge in [-0.1, -0.05) is 12.1 Å². The van der Waals surface area contributed by atoms with Gasteiger partial charge >= 0.3 is 5.97 Å². The zero-order valence-corrected chi connectivity index (χ0v) is 10.1. The molecular formula is C12H7BrFNO2. The van der Waals surface area contributed by atoms with E-state index in [1.54, 1.807) is 18.2 Å². The van der Waals surface area contributed by atoms with Gasteiger partial charge in [-0.3, -0.25) is 4.98 Å². The summed E-state index contributed by atoms with van der Waals surface area (Å²) in [6.07, 6.45) is 2.65. The normalized spacial score (nSPS) is 10.2. The average molecular weight is 296 g/mol. The first-order valence-corrected chi connectivity index (χ1v) is 5.51. The second-order valence-corrected chi connectivity index (χ2v) is 4.22. The quantitative estimate of drug-likeness (QED) is 0.924. The van der Waals surface area contributed by atoms with Gasteiger partial charge in [0.05, 0.1) is 10.0 Å². The van der Waals surface area contributed by atoms with Crippen molar-refractivity contribution in [2.45, 2.75) is 0 Å². The van der Waals surface area contributed by atoms with Crippen molar-refractivity contribution in [3.63, 3.8) is 0 Å². The van der Waals surface area contributed by atoms with Crippen LogP contribution >= 0.6 is 15.9 Å². The maximum absolute atomic E-state index is 13.8.